The van der Waals surface area contributed by atoms with E-state index in [0.29, 0.717) is 0 Å². The molecule has 0 aromatic heterocycles. The molecule has 0 radical (unpaired) electrons. The molecule has 11 heavy (non-hydrogen) atoms. The summed E-state index contributed by atoms with van der Waals surface area (Å²) in [5.41, 5.74) is 0. The monoisotopic (exact) mass is 161 g/mol. The molecular formula is C6H11NO4. The highest BCUT2D eigenvalue weighted by molar-refractivity contribution is 5.69. The first-order valence-electron chi connectivity index (χ1n) is 3.31. The zero-order valence-corrected chi connectivity index (χ0v) is 6.48. The molecule has 5 heteroatoms. The molecule has 0 aliphatic heterocycles. The van der Waals surface area contributed by atoms with Crippen molar-refractivity contribution in [3.05, 3.63) is 10.1 Å². The SMILES string of the molecule is CC(CC(C)[N+](=O)[O-])C(=O)O. The molecule has 0 saturated carbocycles. The van der Waals surface area contributed by atoms with Gasteiger partial charge in [-0.15, -0.1) is 0 Å². The van der Waals surface area contributed by atoms with Gasteiger partial charge in [0, 0.05) is 18.3 Å². The van der Waals surface area contributed by atoms with E-state index in [-0.39, 0.29) is 6.42 Å². The number of hydrogen-bond donors (Lipinski definition) is 1. The Morgan fingerprint density at radius 3 is 2.36 bits per heavy atom. The average Bonchev–Trinajstić information content (AvgIpc) is 1.87. The van der Waals surface area contributed by atoms with Crippen LogP contribution in [0.3, 0.4) is 0 Å². The second kappa shape index (κ2) is 3.90. The minimum Gasteiger partial charge on any atom is -0.481 e. The topological polar surface area (TPSA) is 80.4 Å². The number of nitrogens with zero attached hydrogens (tertiary/aromatic N) is 1. The van der Waals surface area contributed by atoms with Crippen LogP contribution < -0.4 is 0 Å². The fraction of sp³-hybridized carbons (Fsp3) is 0.833. The van der Waals surface area contributed by atoms with Crippen LogP contribution in [-0.2, 0) is 4.79 Å². The molecule has 0 fully saturated rings. The minimum atomic E-state index is -0.987. The van der Waals surface area contributed by atoms with Crippen molar-refractivity contribution in [3.63, 3.8) is 0 Å². The van der Waals surface area contributed by atoms with E-state index in [1.807, 2.05) is 0 Å². The molecule has 0 amide bonds. The molecule has 64 valence electrons. The van der Waals surface area contributed by atoms with Crippen LogP contribution in [0.2, 0.25) is 0 Å². The van der Waals surface area contributed by atoms with Gasteiger partial charge >= 0.3 is 5.97 Å². The Bertz CT molecular complexity index is 150. The van der Waals surface area contributed by atoms with E-state index in [2.05, 4.69) is 0 Å². The third-order valence-electron chi connectivity index (χ3n) is 1.48. The number of rotatable bonds is 4. The number of hydrogen-bond acceptors (Lipinski definition) is 3. The molecule has 0 aromatic carbocycles. The number of carboxylic acid groups (broad SMARTS) is 1. The van der Waals surface area contributed by atoms with Crippen LogP contribution in [0.5, 0.6) is 0 Å². The number of nitro groups is 1. The van der Waals surface area contributed by atoms with Crippen LogP contribution in [-0.4, -0.2) is 22.0 Å². The van der Waals surface area contributed by atoms with E-state index in [0.717, 1.165) is 0 Å². The minimum absolute atomic E-state index is 0.0856. The summed E-state index contributed by atoms with van der Waals surface area (Å²) in [6.07, 6.45) is 0.0856. The Morgan fingerprint density at radius 2 is 2.09 bits per heavy atom. The second-order valence-electron chi connectivity index (χ2n) is 2.61. The van der Waals surface area contributed by atoms with Gasteiger partial charge in [-0.25, -0.2) is 0 Å². The molecule has 1 N–H and O–H groups in total. The Morgan fingerprint density at radius 1 is 1.64 bits per heavy atom. The summed E-state index contributed by atoms with van der Waals surface area (Å²) in [6, 6.07) is -0.777. The lowest BCUT2D eigenvalue weighted by Crippen LogP contribution is -2.22. The van der Waals surface area contributed by atoms with Crippen molar-refractivity contribution in [2.75, 3.05) is 0 Å². The predicted octanol–water partition coefficient (Wildman–Crippen LogP) is 0.762. The summed E-state index contributed by atoms with van der Waals surface area (Å²) in [4.78, 5) is 19.8. The zero-order valence-electron chi connectivity index (χ0n) is 6.48. The van der Waals surface area contributed by atoms with Crippen LogP contribution in [0, 0.1) is 16.0 Å². The fourth-order valence-corrected chi connectivity index (χ4v) is 0.699. The van der Waals surface area contributed by atoms with Crippen molar-refractivity contribution >= 4 is 5.97 Å². The summed E-state index contributed by atoms with van der Waals surface area (Å²) in [7, 11) is 0. The third-order valence-corrected chi connectivity index (χ3v) is 1.48. The quantitative estimate of drug-likeness (QED) is 0.487. The van der Waals surface area contributed by atoms with E-state index >= 15 is 0 Å². The molecule has 2 unspecified atom stereocenters. The summed E-state index contributed by atoms with van der Waals surface area (Å²) < 4.78 is 0. The first kappa shape index (κ1) is 9.87. The summed E-state index contributed by atoms with van der Waals surface area (Å²) in [6.45, 7) is 2.86. The smallest absolute Gasteiger partial charge is 0.306 e. The average molecular weight is 161 g/mol. The zero-order chi connectivity index (χ0) is 9.02. The molecule has 0 saturated heterocycles. The molecule has 0 bridgehead atoms. The van der Waals surface area contributed by atoms with Gasteiger partial charge in [0.05, 0.1) is 5.92 Å². The van der Waals surface area contributed by atoms with E-state index in [1.165, 1.54) is 13.8 Å². The molecule has 0 heterocycles. The van der Waals surface area contributed by atoms with E-state index in [4.69, 9.17) is 5.11 Å². The lowest BCUT2D eigenvalue weighted by molar-refractivity contribution is -0.519. The largest absolute Gasteiger partial charge is 0.481 e. The van der Waals surface area contributed by atoms with E-state index in [9.17, 15) is 14.9 Å². The standard InChI is InChI=1S/C6H11NO4/c1-4(6(8)9)3-5(2)7(10)11/h4-5H,3H2,1-2H3,(H,8,9). The van der Waals surface area contributed by atoms with Crippen molar-refractivity contribution in [2.24, 2.45) is 5.92 Å². The summed E-state index contributed by atoms with van der Waals surface area (Å²) >= 11 is 0. The van der Waals surface area contributed by atoms with Crippen molar-refractivity contribution in [1.82, 2.24) is 0 Å². The Labute approximate surface area is 64.2 Å². The molecule has 0 aromatic rings. The summed E-state index contributed by atoms with van der Waals surface area (Å²) in [5.74, 6) is -1.63. The van der Waals surface area contributed by atoms with Crippen molar-refractivity contribution in [2.45, 2.75) is 26.3 Å². The van der Waals surface area contributed by atoms with Gasteiger partial charge in [-0.1, -0.05) is 6.92 Å². The van der Waals surface area contributed by atoms with Crippen LogP contribution in [0.4, 0.5) is 0 Å². The van der Waals surface area contributed by atoms with Gasteiger partial charge in [-0.3, -0.25) is 14.9 Å². The van der Waals surface area contributed by atoms with Crippen LogP contribution in [0.15, 0.2) is 0 Å². The first-order valence-corrected chi connectivity index (χ1v) is 3.31. The van der Waals surface area contributed by atoms with Gasteiger partial charge in [-0.2, -0.15) is 0 Å². The molecule has 5 nitrogen and oxygen atoms in total. The lowest BCUT2D eigenvalue weighted by Gasteiger charge is -2.06. The van der Waals surface area contributed by atoms with Crippen LogP contribution in [0.25, 0.3) is 0 Å². The lowest BCUT2D eigenvalue weighted by atomic mass is 10.0. The Balaban J connectivity index is 3.84. The highest BCUT2D eigenvalue weighted by Crippen LogP contribution is 2.07. The second-order valence-corrected chi connectivity index (χ2v) is 2.61. The highest BCUT2D eigenvalue weighted by atomic mass is 16.6. The van der Waals surface area contributed by atoms with E-state index < -0.39 is 22.9 Å². The summed E-state index contributed by atoms with van der Waals surface area (Å²) in [5, 5.41) is 18.5. The molecule has 0 aliphatic rings. The highest BCUT2D eigenvalue weighted by Gasteiger charge is 2.21. The van der Waals surface area contributed by atoms with Gasteiger partial charge in [0.15, 0.2) is 0 Å². The number of aliphatic carboxylic acids is 1. The van der Waals surface area contributed by atoms with Crippen molar-refractivity contribution in [1.29, 1.82) is 0 Å². The Kier molecular flexibility index (Phi) is 3.50. The maximum Gasteiger partial charge on any atom is 0.306 e. The van der Waals surface area contributed by atoms with Crippen LogP contribution >= 0.6 is 0 Å². The van der Waals surface area contributed by atoms with Gasteiger partial charge in [-0.05, 0) is 0 Å². The number of carboxylic acids is 1. The molecule has 0 rings (SSSR count). The van der Waals surface area contributed by atoms with Gasteiger partial charge in [0.1, 0.15) is 0 Å². The van der Waals surface area contributed by atoms with Gasteiger partial charge in [0.2, 0.25) is 6.04 Å². The van der Waals surface area contributed by atoms with Gasteiger partial charge in [0.25, 0.3) is 0 Å². The maximum absolute atomic E-state index is 10.2. The number of carbonyl (C=O) groups is 1. The fourth-order valence-electron chi connectivity index (χ4n) is 0.699. The van der Waals surface area contributed by atoms with Gasteiger partial charge < -0.3 is 5.11 Å². The maximum atomic E-state index is 10.2. The van der Waals surface area contributed by atoms with E-state index in [1.54, 1.807) is 0 Å². The molecule has 0 aliphatic carbocycles. The predicted molar refractivity (Wildman–Crippen MR) is 37.9 cm³/mol. The third kappa shape index (κ3) is 3.54. The molecular weight excluding hydrogens is 150 g/mol. The first-order chi connectivity index (χ1) is 4.95. The van der Waals surface area contributed by atoms with Crippen molar-refractivity contribution in [3.8, 4) is 0 Å². The molecule has 2 atom stereocenters. The molecule has 0 spiro atoms. The normalized spacial score (nSPS) is 15.5. The van der Waals surface area contributed by atoms with Crippen molar-refractivity contribution < 1.29 is 14.8 Å². The van der Waals surface area contributed by atoms with Crippen LogP contribution in [0.1, 0.15) is 20.3 Å². The Hall–Kier alpha value is -1.13.